The van der Waals surface area contributed by atoms with Gasteiger partial charge in [0.15, 0.2) is 0 Å². The molecule has 0 saturated heterocycles. The van der Waals surface area contributed by atoms with Gasteiger partial charge in [0.05, 0.1) is 23.4 Å². The van der Waals surface area contributed by atoms with Gasteiger partial charge in [-0.3, -0.25) is 4.68 Å². The maximum Gasteiger partial charge on any atom is 0.417 e. The average molecular weight is 468 g/mol. The Balaban J connectivity index is 1.74. The molecule has 1 atom stereocenters. The van der Waals surface area contributed by atoms with Crippen molar-refractivity contribution >= 4 is 16.7 Å². The van der Waals surface area contributed by atoms with Crippen molar-refractivity contribution in [2.75, 3.05) is 11.4 Å². The van der Waals surface area contributed by atoms with E-state index in [-0.39, 0.29) is 23.3 Å². The summed E-state index contributed by atoms with van der Waals surface area (Å²) in [5.41, 5.74) is -0.739. The molecular weight excluding hydrogens is 446 g/mol. The maximum absolute atomic E-state index is 13.9. The van der Waals surface area contributed by atoms with Gasteiger partial charge < -0.3 is 4.90 Å². The third kappa shape index (κ3) is 3.83. The van der Waals surface area contributed by atoms with Gasteiger partial charge in [-0.05, 0) is 50.3 Å². The number of hydrogen-bond acceptors (Lipinski definition) is 3. The van der Waals surface area contributed by atoms with Crippen LogP contribution >= 0.6 is 0 Å². The largest absolute Gasteiger partial charge is 0.417 e. The summed E-state index contributed by atoms with van der Waals surface area (Å²) in [6.45, 7) is 5.17. The molecule has 10 heteroatoms. The summed E-state index contributed by atoms with van der Waals surface area (Å²) in [6.07, 6.45) is -6.72. The molecule has 0 unspecified atom stereocenters. The van der Waals surface area contributed by atoms with E-state index in [0.717, 1.165) is 37.6 Å². The Hall–Kier alpha value is -2.78. The molecule has 5 rings (SSSR count). The highest BCUT2D eigenvalue weighted by Gasteiger charge is 2.40. The molecule has 0 N–H and O–H groups in total. The van der Waals surface area contributed by atoms with Gasteiger partial charge in [0.25, 0.3) is 0 Å². The lowest BCUT2D eigenvalue weighted by Crippen LogP contribution is -2.42. The number of rotatable bonds is 4. The predicted octanol–water partition coefficient (Wildman–Crippen LogP) is 6.45. The summed E-state index contributed by atoms with van der Waals surface area (Å²) in [5.74, 6) is 0.600. The highest BCUT2D eigenvalue weighted by Crippen LogP contribution is 2.45. The fourth-order valence-electron chi connectivity index (χ4n) is 4.65. The number of nitrogens with zero attached hydrogens (tertiary/aromatic N) is 4. The summed E-state index contributed by atoms with van der Waals surface area (Å²) >= 11 is 0. The second-order valence-electron chi connectivity index (χ2n) is 8.92. The molecule has 0 amide bonds. The van der Waals surface area contributed by atoms with Gasteiger partial charge >= 0.3 is 12.4 Å². The summed E-state index contributed by atoms with van der Waals surface area (Å²) in [7, 11) is 0. The Labute approximate surface area is 186 Å². The molecule has 4 nitrogen and oxygen atoms in total. The van der Waals surface area contributed by atoms with Crippen LogP contribution in [0.2, 0.25) is 0 Å². The Kier molecular flexibility index (Phi) is 4.92. The molecule has 1 saturated carbocycles. The Bertz CT molecular complexity index is 1220. The molecule has 0 radical (unpaired) electrons. The van der Waals surface area contributed by atoms with Gasteiger partial charge in [0.1, 0.15) is 16.7 Å². The predicted molar refractivity (Wildman–Crippen MR) is 112 cm³/mol. The molecule has 1 aliphatic carbocycles. The van der Waals surface area contributed by atoms with Crippen LogP contribution in [-0.2, 0) is 18.9 Å². The number of pyridine rings is 1. The van der Waals surface area contributed by atoms with E-state index in [4.69, 9.17) is 0 Å². The molecule has 1 fully saturated rings. The van der Waals surface area contributed by atoms with Gasteiger partial charge in [0.2, 0.25) is 0 Å². The van der Waals surface area contributed by atoms with Gasteiger partial charge in [0, 0.05) is 23.8 Å². The Morgan fingerprint density at radius 3 is 2.36 bits per heavy atom. The van der Waals surface area contributed by atoms with Crippen LogP contribution in [0.5, 0.6) is 0 Å². The molecule has 2 aromatic heterocycles. The third-order valence-corrected chi connectivity index (χ3v) is 6.47. The van der Waals surface area contributed by atoms with Crippen molar-refractivity contribution < 1.29 is 26.3 Å². The van der Waals surface area contributed by atoms with Crippen molar-refractivity contribution in [1.29, 1.82) is 0 Å². The number of aromatic nitrogens is 3. The lowest BCUT2D eigenvalue weighted by molar-refractivity contribution is -0.142. The highest BCUT2D eigenvalue weighted by molar-refractivity contribution is 5.99. The zero-order chi connectivity index (χ0) is 23.7. The first-order chi connectivity index (χ1) is 15.5. The first kappa shape index (κ1) is 22.0. The summed E-state index contributed by atoms with van der Waals surface area (Å²) in [5, 5.41) is 4.47. The van der Waals surface area contributed by atoms with Crippen molar-refractivity contribution in [3.05, 3.63) is 41.1 Å². The molecule has 33 heavy (non-hydrogen) atoms. The van der Waals surface area contributed by atoms with Gasteiger partial charge in [-0.1, -0.05) is 13.0 Å². The second kappa shape index (κ2) is 7.36. The normalized spacial score (nSPS) is 18.9. The van der Waals surface area contributed by atoms with Crippen LogP contribution in [0.4, 0.5) is 32.0 Å². The lowest BCUT2D eigenvalue weighted by Gasteiger charge is -2.37. The van der Waals surface area contributed by atoms with Crippen molar-refractivity contribution in [2.45, 2.75) is 58.0 Å². The molecule has 0 bridgehead atoms. The number of halogens is 6. The molecule has 1 aliphatic heterocycles. The minimum absolute atomic E-state index is 0.0425. The zero-order valence-corrected chi connectivity index (χ0v) is 18.1. The molecular formula is C23H22F6N4. The van der Waals surface area contributed by atoms with E-state index in [1.165, 1.54) is 0 Å². The van der Waals surface area contributed by atoms with Crippen molar-refractivity contribution in [3.63, 3.8) is 0 Å². The van der Waals surface area contributed by atoms with Crippen molar-refractivity contribution in [3.8, 4) is 11.3 Å². The molecule has 0 spiro atoms. The quantitative estimate of drug-likeness (QED) is 0.413. The van der Waals surface area contributed by atoms with E-state index in [1.54, 1.807) is 11.6 Å². The van der Waals surface area contributed by atoms with Crippen LogP contribution < -0.4 is 4.90 Å². The van der Waals surface area contributed by atoms with Crippen LogP contribution in [0.25, 0.3) is 22.3 Å². The standard InChI is InChI=1S/C23H22F6N4/c1-3-15-11-33-21-18(32(15)10-13-4-5-13)8-12(2)30-20(21)19(31-33)16-7-6-14(22(24,25)26)9-17(16)23(27,28)29/h6-9,13,15H,3-5,10-11H2,1-2H3/t15-/m0/s1. The van der Waals surface area contributed by atoms with Crippen LogP contribution in [0.3, 0.4) is 0 Å². The van der Waals surface area contributed by atoms with E-state index in [9.17, 15) is 26.3 Å². The summed E-state index contributed by atoms with van der Waals surface area (Å²) < 4.78 is 82.7. The second-order valence-corrected chi connectivity index (χ2v) is 8.92. The number of aryl methyl sites for hydroxylation is 1. The smallest absolute Gasteiger partial charge is 0.365 e. The first-order valence-electron chi connectivity index (χ1n) is 10.9. The Morgan fingerprint density at radius 2 is 1.76 bits per heavy atom. The van der Waals surface area contributed by atoms with E-state index >= 15 is 0 Å². The van der Waals surface area contributed by atoms with E-state index < -0.39 is 29.0 Å². The topological polar surface area (TPSA) is 34.0 Å². The SMILES string of the molecule is CC[C@H]1Cn2nc(-c3ccc(C(F)(F)F)cc3C(F)(F)F)c3nc(C)cc(c32)N1CC1CC1. The minimum atomic E-state index is -4.98. The van der Waals surface area contributed by atoms with Crippen LogP contribution in [0.15, 0.2) is 24.3 Å². The lowest BCUT2D eigenvalue weighted by atomic mass is 9.99. The van der Waals surface area contributed by atoms with E-state index in [1.807, 2.05) is 6.07 Å². The van der Waals surface area contributed by atoms with E-state index in [2.05, 4.69) is 21.9 Å². The highest BCUT2D eigenvalue weighted by atomic mass is 19.4. The summed E-state index contributed by atoms with van der Waals surface area (Å²) in [4.78, 5) is 6.79. The van der Waals surface area contributed by atoms with Crippen LogP contribution in [-0.4, -0.2) is 27.4 Å². The van der Waals surface area contributed by atoms with Gasteiger partial charge in [-0.25, -0.2) is 4.98 Å². The average Bonchev–Trinajstić information content (AvgIpc) is 3.48. The van der Waals surface area contributed by atoms with E-state index in [0.29, 0.717) is 29.7 Å². The zero-order valence-electron chi connectivity index (χ0n) is 18.1. The fourth-order valence-corrected chi connectivity index (χ4v) is 4.65. The number of alkyl halides is 6. The molecule has 3 aromatic rings. The monoisotopic (exact) mass is 468 g/mol. The number of anilines is 1. The number of hydrogen-bond donors (Lipinski definition) is 0. The fraction of sp³-hybridized carbons (Fsp3) is 0.478. The Morgan fingerprint density at radius 1 is 1.03 bits per heavy atom. The van der Waals surface area contributed by atoms with Crippen molar-refractivity contribution in [1.82, 2.24) is 14.8 Å². The van der Waals surface area contributed by atoms with Gasteiger partial charge in [-0.15, -0.1) is 0 Å². The van der Waals surface area contributed by atoms with Crippen LogP contribution in [0, 0.1) is 12.8 Å². The maximum atomic E-state index is 13.9. The molecule has 3 heterocycles. The molecule has 176 valence electrons. The molecule has 2 aliphatic rings. The van der Waals surface area contributed by atoms with Crippen LogP contribution in [0.1, 0.15) is 43.0 Å². The van der Waals surface area contributed by atoms with Crippen molar-refractivity contribution in [2.24, 2.45) is 5.92 Å². The third-order valence-electron chi connectivity index (χ3n) is 6.47. The van der Waals surface area contributed by atoms with Gasteiger partial charge in [-0.2, -0.15) is 31.4 Å². The molecule has 1 aromatic carbocycles. The minimum Gasteiger partial charge on any atom is -0.365 e. The summed E-state index contributed by atoms with van der Waals surface area (Å²) in [6, 6.07) is 3.74. The number of benzene rings is 1. The first-order valence-corrected chi connectivity index (χ1v) is 10.9.